The fourth-order valence-electron chi connectivity index (χ4n) is 2.31. The second kappa shape index (κ2) is 7.94. The van der Waals surface area contributed by atoms with Gasteiger partial charge in [-0.3, -0.25) is 9.36 Å². The zero-order valence-electron chi connectivity index (χ0n) is 13.6. The minimum absolute atomic E-state index is 0.127. The number of hydrogen-bond acceptors (Lipinski definition) is 5. The van der Waals surface area contributed by atoms with Gasteiger partial charge in [0.05, 0.1) is 12.4 Å². The molecule has 25 heavy (non-hydrogen) atoms. The van der Waals surface area contributed by atoms with Crippen molar-refractivity contribution < 1.29 is 13.9 Å². The summed E-state index contributed by atoms with van der Waals surface area (Å²) in [4.78, 5) is 11.6. The molecule has 0 fully saturated rings. The van der Waals surface area contributed by atoms with E-state index in [1.807, 2.05) is 30.3 Å². The molecule has 2 aromatic carbocycles. The molecule has 0 aliphatic heterocycles. The van der Waals surface area contributed by atoms with Crippen LogP contribution in [-0.2, 0) is 9.53 Å². The van der Waals surface area contributed by atoms with Gasteiger partial charge in [0.15, 0.2) is 11.0 Å². The van der Waals surface area contributed by atoms with E-state index in [9.17, 15) is 9.18 Å². The zero-order chi connectivity index (χ0) is 17.6. The predicted molar refractivity (Wildman–Crippen MR) is 94.1 cm³/mol. The molecule has 128 valence electrons. The Hall–Kier alpha value is -2.67. The molecule has 0 bridgehead atoms. The van der Waals surface area contributed by atoms with Gasteiger partial charge in [-0.1, -0.05) is 42.1 Å². The van der Waals surface area contributed by atoms with Gasteiger partial charge >= 0.3 is 5.97 Å². The van der Waals surface area contributed by atoms with E-state index < -0.39 is 0 Å². The van der Waals surface area contributed by atoms with Crippen LogP contribution >= 0.6 is 11.8 Å². The fraction of sp³-hybridized carbons (Fsp3) is 0.167. The molecule has 5 nitrogen and oxygen atoms in total. The summed E-state index contributed by atoms with van der Waals surface area (Å²) in [6.07, 6.45) is 0. The molecule has 0 radical (unpaired) electrons. The SMILES string of the molecule is CCOC(=O)CSc1nnc(-c2cccc(F)c2)n1-c1ccccc1. The van der Waals surface area contributed by atoms with Crippen LogP contribution in [-0.4, -0.2) is 33.1 Å². The highest BCUT2D eigenvalue weighted by Gasteiger charge is 2.17. The summed E-state index contributed by atoms with van der Waals surface area (Å²) < 4.78 is 20.4. The molecule has 0 unspecified atom stereocenters. The van der Waals surface area contributed by atoms with Crippen LogP contribution in [0.1, 0.15) is 6.92 Å². The summed E-state index contributed by atoms with van der Waals surface area (Å²) in [5.74, 6) is -0.0255. The largest absolute Gasteiger partial charge is 0.465 e. The molecule has 0 aliphatic carbocycles. The highest BCUT2D eigenvalue weighted by Crippen LogP contribution is 2.28. The lowest BCUT2D eigenvalue weighted by atomic mass is 10.2. The van der Waals surface area contributed by atoms with Crippen molar-refractivity contribution in [1.29, 1.82) is 0 Å². The standard InChI is InChI=1S/C18H16FN3O2S/c1-2-24-16(23)12-25-18-21-20-17(13-7-6-8-14(19)11-13)22(18)15-9-4-3-5-10-15/h3-11H,2,12H2,1H3. The van der Waals surface area contributed by atoms with Crippen LogP contribution in [0.5, 0.6) is 0 Å². The molecule has 0 aliphatic rings. The van der Waals surface area contributed by atoms with Crippen molar-refractivity contribution in [2.75, 3.05) is 12.4 Å². The van der Waals surface area contributed by atoms with Crippen LogP contribution < -0.4 is 0 Å². The monoisotopic (exact) mass is 357 g/mol. The average Bonchev–Trinajstić information content (AvgIpc) is 3.05. The maximum absolute atomic E-state index is 13.6. The fourth-order valence-corrected chi connectivity index (χ4v) is 3.06. The Kier molecular flexibility index (Phi) is 5.45. The number of carbonyl (C=O) groups is 1. The van der Waals surface area contributed by atoms with Crippen LogP contribution in [0.4, 0.5) is 4.39 Å². The van der Waals surface area contributed by atoms with Crippen LogP contribution in [0.3, 0.4) is 0 Å². The van der Waals surface area contributed by atoms with Crippen LogP contribution in [0.25, 0.3) is 17.1 Å². The molecule has 0 N–H and O–H groups in total. The van der Waals surface area contributed by atoms with Crippen molar-refractivity contribution in [1.82, 2.24) is 14.8 Å². The van der Waals surface area contributed by atoms with Gasteiger partial charge in [-0.2, -0.15) is 0 Å². The minimum Gasteiger partial charge on any atom is -0.465 e. The number of nitrogens with zero attached hydrogens (tertiary/aromatic N) is 3. The second-order valence-electron chi connectivity index (χ2n) is 5.08. The molecule has 3 rings (SSSR count). The number of hydrogen-bond donors (Lipinski definition) is 0. The number of rotatable bonds is 6. The van der Waals surface area contributed by atoms with Gasteiger partial charge < -0.3 is 4.74 Å². The predicted octanol–water partition coefficient (Wildman–Crippen LogP) is 3.73. The lowest BCUT2D eigenvalue weighted by Gasteiger charge is -2.10. The van der Waals surface area contributed by atoms with E-state index in [0.29, 0.717) is 23.2 Å². The van der Waals surface area contributed by atoms with Crippen molar-refractivity contribution in [3.8, 4) is 17.1 Å². The van der Waals surface area contributed by atoms with Gasteiger partial charge in [-0.25, -0.2) is 4.39 Å². The Labute approximate surface area is 148 Å². The second-order valence-corrected chi connectivity index (χ2v) is 6.02. The molecule has 0 atom stereocenters. The number of esters is 1. The summed E-state index contributed by atoms with van der Waals surface area (Å²) in [5, 5.41) is 8.92. The van der Waals surface area contributed by atoms with Crippen LogP contribution in [0.15, 0.2) is 59.8 Å². The third-order valence-corrected chi connectivity index (χ3v) is 4.26. The maximum atomic E-state index is 13.6. The van der Waals surface area contributed by atoms with Gasteiger partial charge in [0, 0.05) is 11.3 Å². The maximum Gasteiger partial charge on any atom is 0.316 e. The lowest BCUT2D eigenvalue weighted by Crippen LogP contribution is -2.08. The molecule has 0 saturated carbocycles. The van der Waals surface area contributed by atoms with Crippen LogP contribution in [0.2, 0.25) is 0 Å². The number of carbonyl (C=O) groups excluding carboxylic acids is 1. The van der Waals surface area contributed by atoms with Crippen molar-refractivity contribution >= 4 is 17.7 Å². The van der Waals surface area contributed by atoms with Crippen LogP contribution in [0, 0.1) is 5.82 Å². The van der Waals surface area contributed by atoms with Gasteiger partial charge in [0.25, 0.3) is 0 Å². The Morgan fingerprint density at radius 2 is 1.96 bits per heavy atom. The van der Waals surface area contributed by atoms with Crippen molar-refractivity contribution in [3.63, 3.8) is 0 Å². The van der Waals surface area contributed by atoms with E-state index in [1.54, 1.807) is 23.6 Å². The van der Waals surface area contributed by atoms with Gasteiger partial charge in [0.2, 0.25) is 0 Å². The van der Waals surface area contributed by atoms with Crippen molar-refractivity contribution in [2.45, 2.75) is 12.1 Å². The number of aromatic nitrogens is 3. The highest BCUT2D eigenvalue weighted by molar-refractivity contribution is 7.99. The van der Waals surface area contributed by atoms with Gasteiger partial charge in [-0.05, 0) is 31.2 Å². The first-order chi connectivity index (χ1) is 12.2. The van der Waals surface area contributed by atoms with E-state index in [0.717, 1.165) is 5.69 Å². The van der Waals surface area contributed by atoms with Crippen molar-refractivity contribution in [2.24, 2.45) is 0 Å². The smallest absolute Gasteiger partial charge is 0.316 e. The highest BCUT2D eigenvalue weighted by atomic mass is 32.2. The van der Waals surface area contributed by atoms with E-state index in [2.05, 4.69) is 10.2 Å². The van der Waals surface area contributed by atoms with Crippen molar-refractivity contribution in [3.05, 3.63) is 60.4 Å². The molecular formula is C18H16FN3O2S. The van der Waals surface area contributed by atoms with E-state index in [1.165, 1.54) is 23.9 Å². The first-order valence-corrected chi connectivity index (χ1v) is 8.73. The number of para-hydroxylation sites is 1. The van der Waals surface area contributed by atoms with E-state index >= 15 is 0 Å². The summed E-state index contributed by atoms with van der Waals surface area (Å²) >= 11 is 1.23. The molecule has 0 saturated heterocycles. The van der Waals surface area contributed by atoms with E-state index in [-0.39, 0.29) is 17.5 Å². The lowest BCUT2D eigenvalue weighted by molar-refractivity contribution is -0.139. The van der Waals surface area contributed by atoms with Gasteiger partial charge in [0.1, 0.15) is 5.82 Å². The summed E-state index contributed by atoms with van der Waals surface area (Å²) in [7, 11) is 0. The molecule has 3 aromatic rings. The topological polar surface area (TPSA) is 57.0 Å². The first-order valence-electron chi connectivity index (χ1n) is 7.74. The van der Waals surface area contributed by atoms with E-state index in [4.69, 9.17) is 4.74 Å². The Bertz CT molecular complexity index is 868. The molecule has 7 heteroatoms. The molecule has 1 heterocycles. The third kappa shape index (κ3) is 4.06. The normalized spacial score (nSPS) is 10.6. The summed E-state index contributed by atoms with van der Waals surface area (Å²) in [5.41, 5.74) is 1.44. The number of benzene rings is 2. The molecule has 1 aromatic heterocycles. The average molecular weight is 357 g/mol. The quantitative estimate of drug-likeness (QED) is 0.497. The molecule has 0 spiro atoms. The first kappa shape index (κ1) is 17.2. The molecular weight excluding hydrogens is 341 g/mol. The number of thioether (sulfide) groups is 1. The number of halogens is 1. The summed E-state index contributed by atoms with van der Waals surface area (Å²) in [6.45, 7) is 2.09. The Balaban J connectivity index is 2.00. The third-order valence-electron chi connectivity index (χ3n) is 3.36. The number of ether oxygens (including phenoxy) is 1. The summed E-state index contributed by atoms with van der Waals surface area (Å²) in [6, 6.07) is 15.7. The molecule has 0 amide bonds. The Morgan fingerprint density at radius 3 is 2.68 bits per heavy atom. The Morgan fingerprint density at radius 1 is 1.16 bits per heavy atom. The zero-order valence-corrected chi connectivity index (χ0v) is 14.4. The minimum atomic E-state index is -0.346. The van der Waals surface area contributed by atoms with Gasteiger partial charge in [-0.15, -0.1) is 10.2 Å².